The highest BCUT2D eigenvalue weighted by Gasteiger charge is 2.18. The molecule has 0 aliphatic carbocycles. The summed E-state index contributed by atoms with van der Waals surface area (Å²) in [6.07, 6.45) is 1.99. The average molecular weight is 971 g/mol. The molecule has 59 heavy (non-hydrogen) atoms. The fourth-order valence-corrected chi connectivity index (χ4v) is 5.18. The van der Waals surface area contributed by atoms with Gasteiger partial charge in [-0.1, -0.05) is 148 Å². The van der Waals surface area contributed by atoms with Crippen LogP contribution < -0.4 is 0 Å². The van der Waals surface area contributed by atoms with Crippen molar-refractivity contribution < 1.29 is 50.4 Å². The van der Waals surface area contributed by atoms with Crippen molar-refractivity contribution in [1.82, 2.24) is 0 Å². The molecule has 0 spiro atoms. The zero-order valence-electron chi connectivity index (χ0n) is 36.8. The largest absolute Gasteiger partial charge is 0.298 e. The Bertz CT molecular complexity index is 2050. The Morgan fingerprint density at radius 1 is 0.407 bits per heavy atom. The molecular weight excluding hydrogens is 907 g/mol. The summed E-state index contributed by atoms with van der Waals surface area (Å²) in [6, 6.07) is 27.7. The van der Waals surface area contributed by atoms with E-state index in [1.54, 1.807) is 13.8 Å². The summed E-state index contributed by atoms with van der Waals surface area (Å²) < 4.78 is 101. The predicted octanol–water partition coefficient (Wildman–Crippen LogP) is 10.9. The van der Waals surface area contributed by atoms with Crippen molar-refractivity contribution in [3.8, 4) is 0 Å². The van der Waals surface area contributed by atoms with Crippen LogP contribution in [0.3, 0.4) is 0 Å². The summed E-state index contributed by atoms with van der Waals surface area (Å²) in [4.78, 5) is 0.00849. The molecule has 0 saturated heterocycles. The third kappa shape index (κ3) is 35.8. The van der Waals surface area contributed by atoms with Gasteiger partial charge in [0.15, 0.2) is 0 Å². The van der Waals surface area contributed by atoms with Gasteiger partial charge in [0.05, 0.1) is 50.9 Å². The van der Waals surface area contributed by atoms with E-state index in [0.717, 1.165) is 41.0 Å². The standard InChI is InChI=1S/C8H8Cl2O3S.C8H9ClO3S.2C7H8.2C2H6O3S.3C2H6/c1-5-3-7(10)8(4-6(5)9)14(11,12)13-2;1-6-5-7(3-4-8(6)9)13(10,11)12-2;2*1-7-5-3-2-4-6-7;2*1-5-6(2,3)4;3*1-2/h3-4H,1-2H3;3-5H,1-2H3;2*2-6H,1H3;2*1-2H3;3*1-2H3. The van der Waals surface area contributed by atoms with E-state index in [4.69, 9.17) is 34.8 Å². The summed E-state index contributed by atoms with van der Waals surface area (Å²) in [5, 5.41) is 0.980. The van der Waals surface area contributed by atoms with Gasteiger partial charge in [0, 0.05) is 10.0 Å². The molecule has 19 heteroatoms. The molecule has 0 atom stereocenters. The van der Waals surface area contributed by atoms with E-state index < -0.39 is 40.5 Å². The van der Waals surface area contributed by atoms with Crippen LogP contribution >= 0.6 is 34.8 Å². The molecule has 0 saturated carbocycles. The molecule has 0 heterocycles. The molecule has 0 bridgehead atoms. The summed E-state index contributed by atoms with van der Waals surface area (Å²) in [6.45, 7) is 19.6. The third-order valence-corrected chi connectivity index (χ3v) is 10.9. The molecule has 4 aromatic rings. The van der Waals surface area contributed by atoms with Crippen LogP contribution in [0.2, 0.25) is 15.1 Å². The maximum Gasteiger partial charge on any atom is 0.298 e. The van der Waals surface area contributed by atoms with Gasteiger partial charge in [-0.3, -0.25) is 16.7 Å². The van der Waals surface area contributed by atoms with Gasteiger partial charge in [-0.2, -0.15) is 33.7 Å². The lowest BCUT2D eigenvalue weighted by molar-refractivity contribution is 0.396. The molecule has 0 aliphatic rings. The molecular formula is C40H63Cl3O12S4. The zero-order chi connectivity index (χ0) is 47.6. The predicted molar refractivity (Wildman–Crippen MR) is 246 cm³/mol. The maximum atomic E-state index is 11.3. The van der Waals surface area contributed by atoms with E-state index in [1.807, 2.05) is 77.9 Å². The SMILES string of the molecule is CC.CC.CC.COS(=O)(=O)c1cc(Cl)c(C)cc1Cl.COS(=O)(=O)c1ccc(Cl)c(C)c1.COS(C)(=O)=O.COS(C)(=O)=O.Cc1ccccc1.Cc1ccccc1. The van der Waals surface area contributed by atoms with Gasteiger partial charge in [-0.15, -0.1) is 0 Å². The minimum Gasteiger partial charge on any atom is -0.274 e. The van der Waals surface area contributed by atoms with Crippen LogP contribution in [0.5, 0.6) is 0 Å². The second-order valence-corrected chi connectivity index (χ2v) is 18.3. The number of rotatable bonds is 6. The van der Waals surface area contributed by atoms with Gasteiger partial charge < -0.3 is 0 Å². The van der Waals surface area contributed by atoms with Crippen LogP contribution in [0, 0.1) is 27.7 Å². The summed E-state index contributed by atoms with van der Waals surface area (Å²) in [7, 11) is -9.27. The number of hydrogen-bond donors (Lipinski definition) is 0. The van der Waals surface area contributed by atoms with Crippen LogP contribution in [0.15, 0.2) is 101 Å². The van der Waals surface area contributed by atoms with Crippen LogP contribution in [0.25, 0.3) is 0 Å². The second-order valence-electron chi connectivity index (χ2n) is 10.2. The molecule has 0 radical (unpaired) electrons. The Morgan fingerprint density at radius 3 is 0.983 bits per heavy atom. The highest BCUT2D eigenvalue weighted by atomic mass is 35.5. The Balaban J connectivity index is -0.000000199. The molecule has 0 N–H and O–H groups in total. The van der Waals surface area contributed by atoms with E-state index in [9.17, 15) is 33.7 Å². The highest BCUT2D eigenvalue weighted by Crippen LogP contribution is 2.29. The summed E-state index contributed by atoms with van der Waals surface area (Å²) in [5.74, 6) is 0. The Hall–Kier alpha value is -2.61. The minimum atomic E-state index is -3.78. The van der Waals surface area contributed by atoms with Crippen LogP contribution in [-0.4, -0.2) is 74.6 Å². The Labute approximate surface area is 371 Å². The first kappa shape index (κ1) is 65.5. The van der Waals surface area contributed by atoms with Crippen LogP contribution in [0.1, 0.15) is 63.8 Å². The Morgan fingerprint density at radius 2 is 0.729 bits per heavy atom. The van der Waals surface area contributed by atoms with Gasteiger partial charge in [0.1, 0.15) is 4.90 Å². The number of hydrogen-bond acceptors (Lipinski definition) is 12. The van der Waals surface area contributed by atoms with E-state index in [-0.39, 0.29) is 14.8 Å². The average Bonchev–Trinajstić information content (AvgIpc) is 3.21. The molecule has 0 amide bonds. The molecule has 4 aromatic carbocycles. The minimum absolute atomic E-state index is 0.105. The Kier molecular flexibility index (Phi) is 40.1. The molecule has 340 valence electrons. The van der Waals surface area contributed by atoms with E-state index in [0.29, 0.717) is 21.2 Å². The third-order valence-electron chi connectivity index (χ3n) is 5.83. The number of aryl methyl sites for hydroxylation is 4. The molecule has 0 unspecified atom stereocenters. The van der Waals surface area contributed by atoms with Gasteiger partial charge in [0.2, 0.25) is 0 Å². The van der Waals surface area contributed by atoms with Crippen LogP contribution in [-0.2, 0) is 57.2 Å². The first-order valence-electron chi connectivity index (χ1n) is 17.6. The van der Waals surface area contributed by atoms with Gasteiger partial charge in [0.25, 0.3) is 40.5 Å². The fraction of sp³-hybridized carbons (Fsp3) is 0.400. The molecule has 4 rings (SSSR count). The number of benzene rings is 4. The topological polar surface area (TPSA) is 173 Å². The molecule has 0 fully saturated rings. The van der Waals surface area contributed by atoms with Crippen molar-refractivity contribution in [3.05, 3.63) is 128 Å². The van der Waals surface area contributed by atoms with Crippen molar-refractivity contribution in [2.24, 2.45) is 0 Å². The van der Waals surface area contributed by atoms with Crippen molar-refractivity contribution in [2.45, 2.75) is 79.0 Å². The smallest absolute Gasteiger partial charge is 0.274 e. The quantitative estimate of drug-likeness (QED) is 0.168. The normalized spacial score (nSPS) is 10.1. The lowest BCUT2D eigenvalue weighted by Gasteiger charge is -2.06. The van der Waals surface area contributed by atoms with Crippen molar-refractivity contribution in [3.63, 3.8) is 0 Å². The molecule has 0 aromatic heterocycles. The first-order chi connectivity index (χ1) is 27.3. The van der Waals surface area contributed by atoms with Gasteiger partial charge >= 0.3 is 0 Å². The van der Waals surface area contributed by atoms with Crippen molar-refractivity contribution >= 4 is 75.3 Å². The first-order valence-corrected chi connectivity index (χ1v) is 25.2. The molecule has 12 nitrogen and oxygen atoms in total. The van der Waals surface area contributed by atoms with Crippen molar-refractivity contribution in [1.29, 1.82) is 0 Å². The van der Waals surface area contributed by atoms with Gasteiger partial charge in [-0.25, -0.2) is 0 Å². The van der Waals surface area contributed by atoms with E-state index in [1.165, 1.54) is 41.5 Å². The number of halogens is 3. The zero-order valence-corrected chi connectivity index (χ0v) is 42.4. The van der Waals surface area contributed by atoms with Gasteiger partial charge in [-0.05, 0) is 69.2 Å². The van der Waals surface area contributed by atoms with E-state index in [2.05, 4.69) is 54.8 Å². The second kappa shape index (κ2) is 36.1. The van der Waals surface area contributed by atoms with Crippen LogP contribution in [0.4, 0.5) is 0 Å². The lowest BCUT2D eigenvalue weighted by atomic mass is 10.2. The monoisotopic (exact) mass is 968 g/mol. The summed E-state index contributed by atoms with van der Waals surface area (Å²) in [5.41, 5.74) is 4.07. The fourth-order valence-electron chi connectivity index (χ4n) is 2.85. The maximum absolute atomic E-state index is 11.3. The molecule has 0 aliphatic heterocycles. The highest BCUT2D eigenvalue weighted by molar-refractivity contribution is 7.87. The summed E-state index contributed by atoms with van der Waals surface area (Å²) >= 11 is 17.3. The van der Waals surface area contributed by atoms with Crippen molar-refractivity contribution in [2.75, 3.05) is 41.0 Å². The lowest BCUT2D eigenvalue weighted by Crippen LogP contribution is -2.03. The van der Waals surface area contributed by atoms with E-state index >= 15 is 0 Å².